The molecule has 18 heavy (non-hydrogen) atoms. The lowest BCUT2D eigenvalue weighted by atomic mass is 10.1. The number of aryl methyl sites for hydroxylation is 1. The minimum Gasteiger partial charge on any atom is -0.478 e. The molecule has 1 N–H and O–H groups in total. The van der Waals surface area contributed by atoms with Gasteiger partial charge in [0.2, 0.25) is 0 Å². The zero-order valence-corrected chi connectivity index (χ0v) is 11.7. The molecule has 0 aliphatic carbocycles. The number of hydrogen-bond acceptors (Lipinski definition) is 3. The van der Waals surface area contributed by atoms with Crippen molar-refractivity contribution in [2.45, 2.75) is 38.5 Å². The van der Waals surface area contributed by atoms with Crippen LogP contribution < -0.4 is 0 Å². The van der Waals surface area contributed by atoms with E-state index < -0.39 is 15.8 Å². The molecule has 0 saturated heterocycles. The predicted molar refractivity (Wildman–Crippen MR) is 69.8 cm³/mol. The fourth-order valence-corrected chi connectivity index (χ4v) is 3.54. The SMILES string of the molecule is CCCCS(=O)(=O)c1cc(C(=O)O)cc(C)c1C. The average Bonchev–Trinajstić information content (AvgIpc) is 2.29. The first-order valence-corrected chi connectivity index (χ1v) is 7.52. The van der Waals surface area contributed by atoms with Crippen LogP contribution in [0.3, 0.4) is 0 Å². The average molecular weight is 270 g/mol. The lowest BCUT2D eigenvalue weighted by Gasteiger charge is -2.11. The summed E-state index contributed by atoms with van der Waals surface area (Å²) in [5.74, 6) is -1.04. The summed E-state index contributed by atoms with van der Waals surface area (Å²) in [6.45, 7) is 5.35. The van der Waals surface area contributed by atoms with Crippen molar-refractivity contribution in [2.24, 2.45) is 0 Å². The van der Waals surface area contributed by atoms with E-state index in [0.717, 1.165) is 6.42 Å². The largest absolute Gasteiger partial charge is 0.478 e. The smallest absolute Gasteiger partial charge is 0.335 e. The van der Waals surface area contributed by atoms with Gasteiger partial charge in [0.15, 0.2) is 9.84 Å². The lowest BCUT2D eigenvalue weighted by Crippen LogP contribution is -2.11. The molecule has 0 bridgehead atoms. The van der Waals surface area contributed by atoms with E-state index in [0.29, 0.717) is 17.5 Å². The van der Waals surface area contributed by atoms with E-state index in [1.54, 1.807) is 13.8 Å². The number of sulfone groups is 1. The molecule has 0 heterocycles. The van der Waals surface area contributed by atoms with Crippen LogP contribution in [0.4, 0.5) is 0 Å². The minimum absolute atomic E-state index is 0.0215. The summed E-state index contributed by atoms with van der Waals surface area (Å²) in [5.41, 5.74) is 1.34. The van der Waals surface area contributed by atoms with Crippen LogP contribution in [0.25, 0.3) is 0 Å². The number of carboxylic acids is 1. The van der Waals surface area contributed by atoms with Crippen molar-refractivity contribution < 1.29 is 18.3 Å². The number of benzene rings is 1. The van der Waals surface area contributed by atoms with Gasteiger partial charge in [-0.1, -0.05) is 13.3 Å². The number of rotatable bonds is 5. The molecule has 1 aromatic rings. The maximum atomic E-state index is 12.1. The van der Waals surface area contributed by atoms with E-state index in [4.69, 9.17) is 5.11 Å². The van der Waals surface area contributed by atoms with Crippen LogP contribution in [-0.2, 0) is 9.84 Å². The normalized spacial score (nSPS) is 11.5. The summed E-state index contributed by atoms with van der Waals surface area (Å²) in [6.07, 6.45) is 1.37. The number of carboxylic acid groups (broad SMARTS) is 1. The van der Waals surface area contributed by atoms with Crippen LogP contribution in [0.5, 0.6) is 0 Å². The van der Waals surface area contributed by atoms with Crippen molar-refractivity contribution in [3.63, 3.8) is 0 Å². The van der Waals surface area contributed by atoms with E-state index in [1.807, 2.05) is 6.92 Å². The topological polar surface area (TPSA) is 71.4 Å². The molecule has 1 rings (SSSR count). The highest BCUT2D eigenvalue weighted by atomic mass is 32.2. The second-order valence-corrected chi connectivity index (χ2v) is 6.47. The van der Waals surface area contributed by atoms with Gasteiger partial charge in [-0.2, -0.15) is 0 Å². The zero-order chi connectivity index (χ0) is 13.9. The minimum atomic E-state index is -3.39. The number of hydrogen-bond donors (Lipinski definition) is 1. The fraction of sp³-hybridized carbons (Fsp3) is 0.462. The molecular formula is C13H18O4S. The quantitative estimate of drug-likeness (QED) is 0.892. The molecule has 0 amide bonds. The van der Waals surface area contributed by atoms with E-state index in [9.17, 15) is 13.2 Å². The molecule has 0 fully saturated rings. The molecule has 0 aliphatic rings. The van der Waals surface area contributed by atoms with E-state index >= 15 is 0 Å². The van der Waals surface area contributed by atoms with E-state index in [-0.39, 0.29) is 16.2 Å². The highest BCUT2D eigenvalue weighted by molar-refractivity contribution is 7.91. The molecular weight excluding hydrogens is 252 g/mol. The first-order valence-electron chi connectivity index (χ1n) is 5.87. The van der Waals surface area contributed by atoms with Gasteiger partial charge < -0.3 is 5.11 Å². The van der Waals surface area contributed by atoms with Crippen molar-refractivity contribution >= 4 is 15.8 Å². The van der Waals surface area contributed by atoms with Crippen molar-refractivity contribution in [3.8, 4) is 0 Å². The van der Waals surface area contributed by atoms with Gasteiger partial charge in [-0.15, -0.1) is 0 Å². The Kier molecular flexibility index (Phi) is 4.51. The molecule has 0 atom stereocenters. The van der Waals surface area contributed by atoms with Crippen LogP contribution in [-0.4, -0.2) is 25.2 Å². The fourth-order valence-electron chi connectivity index (χ4n) is 1.72. The van der Waals surface area contributed by atoms with Crippen LogP contribution in [0.2, 0.25) is 0 Å². The van der Waals surface area contributed by atoms with Gasteiger partial charge in [0.1, 0.15) is 0 Å². The van der Waals surface area contributed by atoms with Crippen molar-refractivity contribution in [2.75, 3.05) is 5.75 Å². The predicted octanol–water partition coefficient (Wildman–Crippen LogP) is 2.58. The Bertz CT molecular complexity index is 559. The Balaban J connectivity index is 3.35. The summed E-state index contributed by atoms with van der Waals surface area (Å²) in [6, 6.07) is 2.76. The van der Waals surface area contributed by atoms with Crippen molar-refractivity contribution in [1.29, 1.82) is 0 Å². The van der Waals surface area contributed by atoms with E-state index in [1.165, 1.54) is 12.1 Å². The third kappa shape index (κ3) is 3.10. The van der Waals surface area contributed by atoms with Crippen LogP contribution in [0.1, 0.15) is 41.3 Å². The maximum absolute atomic E-state index is 12.1. The highest BCUT2D eigenvalue weighted by Gasteiger charge is 2.20. The molecule has 0 saturated carbocycles. The van der Waals surface area contributed by atoms with Crippen LogP contribution in [0, 0.1) is 13.8 Å². The van der Waals surface area contributed by atoms with Gasteiger partial charge in [0.05, 0.1) is 16.2 Å². The third-order valence-electron chi connectivity index (χ3n) is 2.97. The first kappa shape index (κ1) is 14.7. The van der Waals surface area contributed by atoms with Crippen LogP contribution in [0.15, 0.2) is 17.0 Å². The number of unbranched alkanes of at least 4 members (excludes halogenated alkanes) is 1. The van der Waals surface area contributed by atoms with Gasteiger partial charge in [0, 0.05) is 0 Å². The van der Waals surface area contributed by atoms with Gasteiger partial charge >= 0.3 is 5.97 Å². The molecule has 1 aromatic carbocycles. The number of carbonyl (C=O) groups is 1. The molecule has 0 aromatic heterocycles. The summed E-state index contributed by atoms with van der Waals surface area (Å²) in [5, 5.41) is 8.97. The second kappa shape index (κ2) is 5.52. The Morgan fingerprint density at radius 1 is 1.28 bits per heavy atom. The molecule has 5 heteroatoms. The van der Waals surface area contributed by atoms with E-state index in [2.05, 4.69) is 0 Å². The summed E-state index contributed by atoms with van der Waals surface area (Å²) in [4.78, 5) is 11.1. The summed E-state index contributed by atoms with van der Waals surface area (Å²) in [7, 11) is -3.39. The molecule has 4 nitrogen and oxygen atoms in total. The first-order chi connectivity index (χ1) is 8.29. The molecule has 0 spiro atoms. The summed E-state index contributed by atoms with van der Waals surface area (Å²) < 4.78 is 24.3. The van der Waals surface area contributed by atoms with Gasteiger partial charge in [-0.3, -0.25) is 0 Å². The lowest BCUT2D eigenvalue weighted by molar-refractivity contribution is 0.0696. The standard InChI is InChI=1S/C13H18O4S/c1-4-5-6-18(16,17)12-8-11(13(14)15)7-9(2)10(12)3/h7-8H,4-6H2,1-3H3,(H,14,15). The van der Waals surface area contributed by atoms with Crippen molar-refractivity contribution in [3.05, 3.63) is 28.8 Å². The Labute approximate surface area is 108 Å². The maximum Gasteiger partial charge on any atom is 0.335 e. The summed E-state index contributed by atoms with van der Waals surface area (Å²) >= 11 is 0. The second-order valence-electron chi connectivity index (χ2n) is 4.39. The van der Waals surface area contributed by atoms with Crippen molar-refractivity contribution in [1.82, 2.24) is 0 Å². The Hall–Kier alpha value is -1.36. The van der Waals surface area contributed by atoms with Gasteiger partial charge in [-0.05, 0) is 43.5 Å². The van der Waals surface area contributed by atoms with Gasteiger partial charge in [-0.25, -0.2) is 13.2 Å². The monoisotopic (exact) mass is 270 g/mol. The Morgan fingerprint density at radius 2 is 1.89 bits per heavy atom. The third-order valence-corrected chi connectivity index (χ3v) is 4.89. The molecule has 0 unspecified atom stereocenters. The molecule has 100 valence electrons. The molecule has 0 aliphatic heterocycles. The van der Waals surface area contributed by atoms with Gasteiger partial charge in [0.25, 0.3) is 0 Å². The zero-order valence-electron chi connectivity index (χ0n) is 10.9. The highest BCUT2D eigenvalue weighted by Crippen LogP contribution is 2.23. The molecule has 0 radical (unpaired) electrons. The number of aromatic carboxylic acids is 1. The Morgan fingerprint density at radius 3 is 2.39 bits per heavy atom. The van der Waals surface area contributed by atoms with Crippen LogP contribution >= 0.6 is 0 Å².